The maximum absolute atomic E-state index is 12.8. The number of piperidine rings is 1. The zero-order valence-corrected chi connectivity index (χ0v) is 18.5. The van der Waals surface area contributed by atoms with Gasteiger partial charge in [-0.25, -0.2) is 0 Å². The topological polar surface area (TPSA) is 52.7 Å². The summed E-state index contributed by atoms with van der Waals surface area (Å²) in [5, 5.41) is 3.40. The Balaban J connectivity index is 0.00000300. The molecule has 1 N–H and O–H groups in total. The molecule has 1 aromatic carbocycles. The minimum Gasteiger partial charge on any atom is -0.341 e. The molecule has 0 aliphatic carbocycles. The first-order chi connectivity index (χ1) is 13.6. The Hall–Kier alpha value is -1.59. The van der Waals surface area contributed by atoms with Gasteiger partial charge in [0.1, 0.15) is 0 Å². The maximum atomic E-state index is 12.8. The summed E-state index contributed by atoms with van der Waals surface area (Å²) in [6, 6.07) is 10.2. The number of rotatable bonds is 6. The predicted octanol–water partition coefficient (Wildman–Crippen LogP) is 3.13. The Labute approximate surface area is 181 Å². The third kappa shape index (κ3) is 7.31. The van der Waals surface area contributed by atoms with Crippen molar-refractivity contribution in [2.45, 2.75) is 45.4 Å². The Morgan fingerprint density at radius 3 is 2.28 bits per heavy atom. The Kier molecular flexibility index (Phi) is 9.95. The zero-order chi connectivity index (χ0) is 19.8. The van der Waals surface area contributed by atoms with E-state index >= 15 is 0 Å². The smallest absolute Gasteiger partial charge is 0.222 e. The van der Waals surface area contributed by atoms with E-state index in [4.69, 9.17) is 0 Å². The molecule has 0 aromatic heterocycles. The molecule has 2 saturated heterocycles. The number of benzene rings is 1. The van der Waals surface area contributed by atoms with Crippen molar-refractivity contribution in [3.8, 4) is 0 Å². The van der Waals surface area contributed by atoms with Crippen LogP contribution in [0.4, 0.5) is 0 Å². The van der Waals surface area contributed by atoms with Crippen LogP contribution in [0.15, 0.2) is 30.3 Å². The van der Waals surface area contributed by atoms with Gasteiger partial charge in [0.2, 0.25) is 11.8 Å². The highest BCUT2D eigenvalue weighted by Gasteiger charge is 2.26. The van der Waals surface area contributed by atoms with Gasteiger partial charge in [0, 0.05) is 39.0 Å². The lowest BCUT2D eigenvalue weighted by molar-refractivity contribution is -0.134. The first-order valence-corrected chi connectivity index (χ1v) is 10.9. The van der Waals surface area contributed by atoms with E-state index in [2.05, 4.69) is 24.4 Å². The van der Waals surface area contributed by atoms with Crippen molar-refractivity contribution in [2.75, 3.05) is 39.3 Å². The van der Waals surface area contributed by atoms with Crippen LogP contribution >= 0.6 is 12.4 Å². The van der Waals surface area contributed by atoms with Crippen LogP contribution in [0, 0.1) is 11.8 Å². The predicted molar refractivity (Wildman–Crippen MR) is 119 cm³/mol. The highest BCUT2D eigenvalue weighted by atomic mass is 35.5. The molecule has 29 heavy (non-hydrogen) atoms. The normalized spacial score (nSPS) is 19.2. The molecule has 2 aliphatic heterocycles. The summed E-state index contributed by atoms with van der Waals surface area (Å²) in [6.07, 6.45) is 5.21. The molecule has 2 aliphatic rings. The van der Waals surface area contributed by atoms with E-state index in [1.54, 1.807) is 0 Å². The number of nitrogens with zero attached hydrogens (tertiary/aromatic N) is 2. The SMILES string of the molecule is CC(CC(=O)N1CCCN(C(=O)CCc2ccccc2)CC1)C1CCNCC1.Cl. The second kappa shape index (κ2) is 12.2. The Morgan fingerprint density at radius 1 is 1.00 bits per heavy atom. The fourth-order valence-electron chi connectivity index (χ4n) is 4.45. The summed E-state index contributed by atoms with van der Waals surface area (Å²) in [4.78, 5) is 29.3. The molecule has 3 rings (SSSR count). The molecule has 0 radical (unpaired) electrons. The van der Waals surface area contributed by atoms with E-state index in [9.17, 15) is 9.59 Å². The fourth-order valence-corrected chi connectivity index (χ4v) is 4.45. The van der Waals surface area contributed by atoms with E-state index in [0.717, 1.165) is 39.0 Å². The average Bonchev–Trinajstić information content (AvgIpc) is 3.00. The van der Waals surface area contributed by atoms with Crippen molar-refractivity contribution in [2.24, 2.45) is 11.8 Å². The molecule has 162 valence electrons. The van der Waals surface area contributed by atoms with Crippen LogP contribution in [-0.4, -0.2) is 60.9 Å². The highest BCUT2D eigenvalue weighted by Crippen LogP contribution is 2.25. The average molecular weight is 422 g/mol. The second-order valence-electron chi connectivity index (χ2n) is 8.37. The molecule has 2 fully saturated rings. The van der Waals surface area contributed by atoms with Crippen molar-refractivity contribution in [3.63, 3.8) is 0 Å². The zero-order valence-electron chi connectivity index (χ0n) is 17.6. The van der Waals surface area contributed by atoms with Crippen LogP contribution in [0.25, 0.3) is 0 Å². The van der Waals surface area contributed by atoms with E-state index in [1.165, 1.54) is 18.4 Å². The van der Waals surface area contributed by atoms with Crippen molar-refractivity contribution >= 4 is 24.2 Å². The summed E-state index contributed by atoms with van der Waals surface area (Å²) in [6.45, 7) is 7.27. The van der Waals surface area contributed by atoms with E-state index in [0.29, 0.717) is 37.8 Å². The maximum Gasteiger partial charge on any atom is 0.222 e. The second-order valence-corrected chi connectivity index (χ2v) is 8.37. The summed E-state index contributed by atoms with van der Waals surface area (Å²) in [5.74, 6) is 1.58. The van der Waals surface area contributed by atoms with Gasteiger partial charge in [-0.2, -0.15) is 0 Å². The van der Waals surface area contributed by atoms with Crippen LogP contribution in [0.1, 0.15) is 44.6 Å². The van der Waals surface area contributed by atoms with Gasteiger partial charge in [0.05, 0.1) is 0 Å². The molecular formula is C23H36ClN3O2. The summed E-state index contributed by atoms with van der Waals surface area (Å²) < 4.78 is 0. The monoisotopic (exact) mass is 421 g/mol. The number of hydrogen-bond acceptors (Lipinski definition) is 3. The van der Waals surface area contributed by atoms with Gasteiger partial charge >= 0.3 is 0 Å². The highest BCUT2D eigenvalue weighted by molar-refractivity contribution is 5.85. The van der Waals surface area contributed by atoms with E-state index in [-0.39, 0.29) is 24.2 Å². The number of carbonyl (C=O) groups is 2. The lowest BCUT2D eigenvalue weighted by Gasteiger charge is -2.30. The molecule has 1 aromatic rings. The molecule has 2 heterocycles. The largest absolute Gasteiger partial charge is 0.341 e. The van der Waals surface area contributed by atoms with Gasteiger partial charge in [-0.1, -0.05) is 37.3 Å². The molecule has 1 unspecified atom stereocenters. The van der Waals surface area contributed by atoms with Gasteiger partial charge in [-0.3, -0.25) is 9.59 Å². The molecular weight excluding hydrogens is 386 g/mol. The van der Waals surface area contributed by atoms with Gasteiger partial charge < -0.3 is 15.1 Å². The lowest BCUT2D eigenvalue weighted by Crippen LogP contribution is -2.39. The summed E-state index contributed by atoms with van der Waals surface area (Å²) in [5.41, 5.74) is 1.20. The number of nitrogens with one attached hydrogen (secondary N) is 1. The fraction of sp³-hybridized carbons (Fsp3) is 0.652. The number of carbonyl (C=O) groups excluding carboxylic acids is 2. The number of hydrogen-bond donors (Lipinski definition) is 1. The standard InChI is InChI=1S/C23H35N3O2.ClH/c1-19(21-10-12-24-13-11-21)18-23(28)26-15-5-14-25(16-17-26)22(27)9-8-20-6-3-2-4-7-20;/h2-4,6-7,19,21,24H,5,8-18H2,1H3;1H. The summed E-state index contributed by atoms with van der Waals surface area (Å²) >= 11 is 0. The lowest BCUT2D eigenvalue weighted by atomic mass is 9.84. The quantitative estimate of drug-likeness (QED) is 0.767. The third-order valence-electron chi connectivity index (χ3n) is 6.36. The van der Waals surface area contributed by atoms with Gasteiger partial charge in [-0.15, -0.1) is 12.4 Å². The molecule has 0 saturated carbocycles. The Bertz CT molecular complexity index is 634. The van der Waals surface area contributed by atoms with Crippen molar-refractivity contribution in [1.29, 1.82) is 0 Å². The molecule has 0 spiro atoms. The molecule has 1 atom stereocenters. The minimum atomic E-state index is 0. The van der Waals surface area contributed by atoms with Crippen LogP contribution in [-0.2, 0) is 16.0 Å². The van der Waals surface area contributed by atoms with Crippen LogP contribution in [0.2, 0.25) is 0 Å². The molecule has 0 bridgehead atoms. The van der Waals surface area contributed by atoms with Crippen molar-refractivity contribution in [3.05, 3.63) is 35.9 Å². The van der Waals surface area contributed by atoms with Crippen molar-refractivity contribution < 1.29 is 9.59 Å². The van der Waals surface area contributed by atoms with Gasteiger partial charge in [0.25, 0.3) is 0 Å². The van der Waals surface area contributed by atoms with Crippen LogP contribution in [0.5, 0.6) is 0 Å². The third-order valence-corrected chi connectivity index (χ3v) is 6.36. The van der Waals surface area contributed by atoms with Crippen molar-refractivity contribution in [1.82, 2.24) is 15.1 Å². The van der Waals surface area contributed by atoms with Crippen LogP contribution < -0.4 is 5.32 Å². The summed E-state index contributed by atoms with van der Waals surface area (Å²) in [7, 11) is 0. The first-order valence-electron chi connectivity index (χ1n) is 10.9. The van der Waals surface area contributed by atoms with E-state index < -0.39 is 0 Å². The first kappa shape index (κ1) is 23.7. The number of halogens is 1. The number of amides is 2. The Morgan fingerprint density at radius 2 is 1.62 bits per heavy atom. The number of aryl methyl sites for hydroxylation is 1. The minimum absolute atomic E-state index is 0. The molecule has 6 heteroatoms. The van der Waals surface area contributed by atoms with Crippen LogP contribution in [0.3, 0.4) is 0 Å². The van der Waals surface area contributed by atoms with E-state index in [1.807, 2.05) is 28.0 Å². The van der Waals surface area contributed by atoms with Gasteiger partial charge in [-0.05, 0) is 56.2 Å². The molecule has 2 amide bonds. The molecule has 5 nitrogen and oxygen atoms in total. The van der Waals surface area contributed by atoms with Gasteiger partial charge in [0.15, 0.2) is 0 Å².